The van der Waals surface area contributed by atoms with Gasteiger partial charge in [-0.05, 0) is 24.6 Å². The molecular weight excluding hydrogens is 384 g/mol. The van der Waals surface area contributed by atoms with Gasteiger partial charge in [-0.3, -0.25) is 10.1 Å². The van der Waals surface area contributed by atoms with Crippen LogP contribution in [-0.2, 0) is 10.0 Å². The van der Waals surface area contributed by atoms with Crippen molar-refractivity contribution < 1.29 is 13.3 Å². The fourth-order valence-corrected chi connectivity index (χ4v) is 3.96. The van der Waals surface area contributed by atoms with Gasteiger partial charge in [-0.25, -0.2) is 13.1 Å². The van der Waals surface area contributed by atoms with E-state index < -0.39 is 21.0 Å². The molecule has 2 aromatic carbocycles. The lowest BCUT2D eigenvalue weighted by atomic mass is 10.1. The summed E-state index contributed by atoms with van der Waals surface area (Å²) in [6, 6.07) is 11.8. The van der Waals surface area contributed by atoms with Gasteiger partial charge in [-0.15, -0.1) is 0 Å². The van der Waals surface area contributed by atoms with Crippen LogP contribution in [0.1, 0.15) is 17.2 Å². The highest BCUT2D eigenvalue weighted by Gasteiger charge is 2.21. The average Bonchev–Trinajstić information content (AvgIpc) is 2.53. The Morgan fingerprint density at radius 3 is 2.17 bits per heavy atom. The van der Waals surface area contributed by atoms with Crippen LogP contribution in [0.25, 0.3) is 0 Å². The number of halogens is 1. The zero-order valence-electron chi connectivity index (χ0n) is 12.3. The van der Waals surface area contributed by atoms with Crippen molar-refractivity contribution in [3.05, 3.63) is 69.8 Å². The first-order valence-electron chi connectivity index (χ1n) is 6.73. The molecule has 0 radical (unpaired) electrons. The minimum Gasteiger partial charge on any atom is -0.258 e. The van der Waals surface area contributed by atoms with E-state index in [1.54, 1.807) is 36.4 Å². The van der Waals surface area contributed by atoms with Gasteiger partial charge in [0.2, 0.25) is 10.0 Å². The van der Waals surface area contributed by atoms with Gasteiger partial charge < -0.3 is 0 Å². The number of nitro groups is 1. The quantitative estimate of drug-likeness (QED) is 0.459. The van der Waals surface area contributed by atoms with Crippen LogP contribution < -0.4 is 4.72 Å². The topological polar surface area (TPSA) is 89.3 Å². The van der Waals surface area contributed by atoms with E-state index in [2.05, 4.69) is 20.7 Å². The summed E-state index contributed by atoms with van der Waals surface area (Å²) in [4.78, 5) is 10.4. The molecule has 0 bridgehead atoms. The van der Waals surface area contributed by atoms with Crippen LogP contribution in [0.2, 0.25) is 0 Å². The van der Waals surface area contributed by atoms with Crippen LogP contribution in [0.5, 0.6) is 0 Å². The molecule has 1 N–H and O–H groups in total. The number of rotatable bonds is 6. The fraction of sp³-hybridized carbons (Fsp3) is 0.200. The van der Waals surface area contributed by atoms with Crippen molar-refractivity contribution in [2.75, 3.05) is 5.33 Å². The Balaban J connectivity index is 2.24. The number of alkyl halides is 1. The Hall–Kier alpha value is -1.77. The maximum absolute atomic E-state index is 12.4. The molecule has 0 heterocycles. The predicted octanol–water partition coefficient (Wildman–Crippen LogP) is 3.32. The van der Waals surface area contributed by atoms with E-state index in [-0.39, 0.29) is 10.6 Å². The van der Waals surface area contributed by atoms with Crippen LogP contribution in [0.15, 0.2) is 53.4 Å². The standard InChI is InChI=1S/C15H15BrN2O4S/c1-11-2-8-14(9-3-11)23(21,22)17-15(10-16)12-4-6-13(7-5-12)18(19)20/h2-9,15,17H,10H2,1H3. The maximum Gasteiger partial charge on any atom is 0.269 e. The van der Waals surface area contributed by atoms with E-state index in [9.17, 15) is 18.5 Å². The lowest BCUT2D eigenvalue weighted by Crippen LogP contribution is -2.29. The van der Waals surface area contributed by atoms with E-state index in [1.807, 2.05) is 6.92 Å². The molecule has 0 aliphatic rings. The van der Waals surface area contributed by atoms with Gasteiger partial charge in [0.1, 0.15) is 0 Å². The average molecular weight is 399 g/mol. The molecule has 23 heavy (non-hydrogen) atoms. The van der Waals surface area contributed by atoms with Crippen molar-refractivity contribution in [2.45, 2.75) is 17.9 Å². The van der Waals surface area contributed by atoms with Crippen molar-refractivity contribution in [1.29, 1.82) is 0 Å². The van der Waals surface area contributed by atoms with Gasteiger partial charge >= 0.3 is 0 Å². The van der Waals surface area contributed by atoms with Crippen LogP contribution in [0.4, 0.5) is 5.69 Å². The first-order chi connectivity index (χ1) is 10.8. The summed E-state index contributed by atoms with van der Waals surface area (Å²) in [6.07, 6.45) is 0. The third kappa shape index (κ3) is 4.37. The van der Waals surface area contributed by atoms with E-state index in [0.717, 1.165) is 5.56 Å². The van der Waals surface area contributed by atoms with Gasteiger partial charge in [0.25, 0.3) is 5.69 Å². The lowest BCUT2D eigenvalue weighted by molar-refractivity contribution is -0.384. The Morgan fingerprint density at radius 2 is 1.70 bits per heavy atom. The third-order valence-electron chi connectivity index (χ3n) is 3.29. The van der Waals surface area contributed by atoms with Crippen LogP contribution in [-0.4, -0.2) is 18.7 Å². The zero-order chi connectivity index (χ0) is 17.0. The number of sulfonamides is 1. The first kappa shape index (κ1) is 17.6. The molecule has 0 spiro atoms. The number of hydrogen-bond donors (Lipinski definition) is 1. The molecular formula is C15H15BrN2O4S. The van der Waals surface area contributed by atoms with E-state index in [4.69, 9.17) is 0 Å². The molecule has 2 rings (SSSR count). The second-order valence-electron chi connectivity index (χ2n) is 4.99. The molecule has 6 nitrogen and oxygen atoms in total. The van der Waals surface area contributed by atoms with Gasteiger partial charge in [0.05, 0.1) is 15.9 Å². The Morgan fingerprint density at radius 1 is 1.13 bits per heavy atom. The van der Waals surface area contributed by atoms with Crippen LogP contribution >= 0.6 is 15.9 Å². The third-order valence-corrected chi connectivity index (χ3v) is 5.42. The Bertz CT molecular complexity index is 789. The molecule has 0 aromatic heterocycles. The smallest absolute Gasteiger partial charge is 0.258 e. The Kier molecular flexibility index (Phi) is 5.51. The highest BCUT2D eigenvalue weighted by Crippen LogP contribution is 2.22. The molecule has 1 atom stereocenters. The van der Waals surface area contributed by atoms with Crippen molar-refractivity contribution in [3.63, 3.8) is 0 Å². The second kappa shape index (κ2) is 7.20. The van der Waals surface area contributed by atoms with E-state index >= 15 is 0 Å². The monoisotopic (exact) mass is 398 g/mol. The largest absolute Gasteiger partial charge is 0.269 e. The lowest BCUT2D eigenvalue weighted by Gasteiger charge is -2.17. The summed E-state index contributed by atoms with van der Waals surface area (Å²) >= 11 is 3.28. The molecule has 122 valence electrons. The normalized spacial score (nSPS) is 12.8. The van der Waals surface area contributed by atoms with Gasteiger partial charge in [-0.2, -0.15) is 0 Å². The van der Waals surface area contributed by atoms with Crippen molar-refractivity contribution >= 4 is 31.6 Å². The van der Waals surface area contributed by atoms with E-state index in [1.165, 1.54) is 12.1 Å². The fourth-order valence-electron chi connectivity index (χ4n) is 1.99. The molecule has 0 aliphatic heterocycles. The highest BCUT2D eigenvalue weighted by atomic mass is 79.9. The molecule has 2 aromatic rings. The molecule has 0 saturated heterocycles. The summed E-state index contributed by atoms with van der Waals surface area (Å²) in [5.74, 6) is 0. The zero-order valence-corrected chi connectivity index (χ0v) is 14.7. The SMILES string of the molecule is Cc1ccc(S(=O)(=O)NC(CBr)c2ccc([N+](=O)[O-])cc2)cc1. The van der Waals surface area contributed by atoms with Crippen LogP contribution in [0, 0.1) is 17.0 Å². The number of benzene rings is 2. The summed E-state index contributed by atoms with van der Waals surface area (Å²) < 4.78 is 27.4. The second-order valence-corrected chi connectivity index (χ2v) is 7.35. The minimum atomic E-state index is -3.68. The summed E-state index contributed by atoms with van der Waals surface area (Å²) in [5, 5.41) is 11.0. The molecule has 0 amide bonds. The summed E-state index contributed by atoms with van der Waals surface area (Å²) in [7, 11) is -3.68. The van der Waals surface area contributed by atoms with Crippen LogP contribution in [0.3, 0.4) is 0 Å². The van der Waals surface area contributed by atoms with Gasteiger partial charge in [0, 0.05) is 17.5 Å². The van der Waals surface area contributed by atoms with Gasteiger partial charge in [0.15, 0.2) is 0 Å². The summed E-state index contributed by atoms with van der Waals surface area (Å²) in [6.45, 7) is 1.88. The number of nitrogens with one attached hydrogen (secondary N) is 1. The molecule has 0 fully saturated rings. The highest BCUT2D eigenvalue weighted by molar-refractivity contribution is 9.09. The molecule has 1 unspecified atom stereocenters. The molecule has 0 saturated carbocycles. The van der Waals surface area contributed by atoms with Gasteiger partial charge in [-0.1, -0.05) is 45.8 Å². The minimum absolute atomic E-state index is 0.0385. The predicted molar refractivity (Wildman–Crippen MR) is 91.1 cm³/mol. The summed E-state index contributed by atoms with van der Waals surface area (Å²) in [5.41, 5.74) is 1.57. The molecule has 8 heteroatoms. The number of nitro benzene ring substituents is 1. The van der Waals surface area contributed by atoms with E-state index in [0.29, 0.717) is 10.9 Å². The Labute approximate surface area is 142 Å². The first-order valence-corrected chi connectivity index (χ1v) is 9.33. The number of aryl methyl sites for hydroxylation is 1. The number of hydrogen-bond acceptors (Lipinski definition) is 4. The van der Waals surface area contributed by atoms with Crippen molar-refractivity contribution in [3.8, 4) is 0 Å². The number of nitrogens with zero attached hydrogens (tertiary/aromatic N) is 1. The van der Waals surface area contributed by atoms with Crippen molar-refractivity contribution in [1.82, 2.24) is 4.72 Å². The maximum atomic E-state index is 12.4. The molecule has 0 aliphatic carbocycles. The number of non-ortho nitro benzene ring substituents is 1. The van der Waals surface area contributed by atoms with Crippen molar-refractivity contribution in [2.24, 2.45) is 0 Å².